The van der Waals surface area contributed by atoms with Crippen LogP contribution in [0.4, 0.5) is 0 Å². The van der Waals surface area contributed by atoms with Crippen molar-refractivity contribution in [1.82, 2.24) is 10.2 Å². The predicted octanol–water partition coefficient (Wildman–Crippen LogP) is 1.85. The normalized spacial score (nSPS) is 10.4. The zero-order chi connectivity index (χ0) is 8.55. The fourth-order valence-electron chi connectivity index (χ4n) is 0.776. The number of thiophene rings is 1. The summed E-state index contributed by atoms with van der Waals surface area (Å²) < 4.78 is 5.72. The summed E-state index contributed by atoms with van der Waals surface area (Å²) in [6, 6.07) is 1.84. The van der Waals surface area contributed by atoms with Gasteiger partial charge in [0.15, 0.2) is 0 Å². The molecule has 0 radical (unpaired) electrons. The Morgan fingerprint density at radius 3 is 3.00 bits per heavy atom. The molecule has 0 aromatic carbocycles. The SMILES string of the molecule is O=c1[nH]nc(-c2csc(Br)c2)o1. The summed E-state index contributed by atoms with van der Waals surface area (Å²) in [5.74, 6) is -0.214. The minimum absolute atomic E-state index is 0.321. The zero-order valence-corrected chi connectivity index (χ0v) is 8.11. The lowest BCUT2D eigenvalue weighted by atomic mass is 10.3. The molecular weight excluding hydrogens is 244 g/mol. The van der Waals surface area contributed by atoms with E-state index in [4.69, 9.17) is 4.42 Å². The Morgan fingerprint density at radius 1 is 1.67 bits per heavy atom. The molecule has 0 amide bonds. The molecule has 0 atom stereocenters. The zero-order valence-electron chi connectivity index (χ0n) is 5.70. The monoisotopic (exact) mass is 246 g/mol. The highest BCUT2D eigenvalue weighted by Crippen LogP contribution is 2.26. The molecule has 0 aliphatic carbocycles. The maximum absolute atomic E-state index is 10.6. The Morgan fingerprint density at radius 2 is 2.50 bits per heavy atom. The third kappa shape index (κ3) is 1.35. The van der Waals surface area contributed by atoms with Crippen LogP contribution in [0.2, 0.25) is 0 Å². The molecule has 62 valence electrons. The fraction of sp³-hybridized carbons (Fsp3) is 0. The molecule has 1 N–H and O–H groups in total. The Hall–Kier alpha value is -0.880. The smallest absolute Gasteiger partial charge is 0.388 e. The van der Waals surface area contributed by atoms with Gasteiger partial charge in [-0.15, -0.1) is 16.4 Å². The molecule has 6 heteroatoms. The predicted molar refractivity (Wildman–Crippen MR) is 48.1 cm³/mol. The Bertz CT molecular complexity index is 444. The van der Waals surface area contributed by atoms with Crippen molar-refractivity contribution in [2.45, 2.75) is 0 Å². The van der Waals surface area contributed by atoms with Crippen molar-refractivity contribution in [2.75, 3.05) is 0 Å². The average molecular weight is 247 g/mol. The molecule has 0 saturated carbocycles. The summed E-state index contributed by atoms with van der Waals surface area (Å²) in [6.45, 7) is 0. The van der Waals surface area contributed by atoms with Gasteiger partial charge in [0.25, 0.3) is 0 Å². The summed E-state index contributed by atoms with van der Waals surface area (Å²) >= 11 is 4.81. The van der Waals surface area contributed by atoms with Gasteiger partial charge in [0, 0.05) is 5.38 Å². The first-order valence-corrected chi connectivity index (χ1v) is 4.73. The van der Waals surface area contributed by atoms with Crippen LogP contribution in [-0.4, -0.2) is 10.2 Å². The van der Waals surface area contributed by atoms with Crippen molar-refractivity contribution in [1.29, 1.82) is 0 Å². The van der Waals surface area contributed by atoms with Crippen LogP contribution < -0.4 is 5.76 Å². The molecule has 0 saturated heterocycles. The van der Waals surface area contributed by atoms with E-state index in [0.717, 1.165) is 9.35 Å². The van der Waals surface area contributed by atoms with Crippen molar-refractivity contribution in [3.05, 3.63) is 25.8 Å². The van der Waals surface area contributed by atoms with Crippen LogP contribution in [0.25, 0.3) is 11.5 Å². The van der Waals surface area contributed by atoms with Gasteiger partial charge in [-0.1, -0.05) is 0 Å². The lowest BCUT2D eigenvalue weighted by Gasteiger charge is -1.81. The highest BCUT2D eigenvalue weighted by molar-refractivity contribution is 9.11. The number of halogens is 1. The molecule has 4 nitrogen and oxygen atoms in total. The van der Waals surface area contributed by atoms with E-state index in [-0.39, 0.29) is 0 Å². The van der Waals surface area contributed by atoms with E-state index in [2.05, 4.69) is 26.1 Å². The molecule has 12 heavy (non-hydrogen) atoms. The molecule has 2 aromatic rings. The van der Waals surface area contributed by atoms with E-state index in [1.165, 1.54) is 11.3 Å². The lowest BCUT2D eigenvalue weighted by molar-refractivity contribution is 0.527. The van der Waals surface area contributed by atoms with Crippen molar-refractivity contribution >= 4 is 27.3 Å². The average Bonchev–Trinajstić information content (AvgIpc) is 2.58. The van der Waals surface area contributed by atoms with Crippen LogP contribution >= 0.6 is 27.3 Å². The molecule has 0 fully saturated rings. The second kappa shape index (κ2) is 2.87. The van der Waals surface area contributed by atoms with Crippen LogP contribution in [0.15, 0.2) is 24.4 Å². The van der Waals surface area contributed by atoms with Gasteiger partial charge in [-0.05, 0) is 22.0 Å². The van der Waals surface area contributed by atoms with Gasteiger partial charge < -0.3 is 4.42 Å². The maximum atomic E-state index is 10.6. The summed E-state index contributed by atoms with van der Waals surface area (Å²) in [5.41, 5.74) is 0.797. The second-order valence-corrected chi connectivity index (χ2v) is 4.35. The van der Waals surface area contributed by atoms with E-state index in [9.17, 15) is 4.79 Å². The number of nitrogens with zero attached hydrogens (tertiary/aromatic N) is 1. The Kier molecular flexibility index (Phi) is 1.86. The van der Waals surface area contributed by atoms with Crippen molar-refractivity contribution < 1.29 is 4.42 Å². The van der Waals surface area contributed by atoms with Crippen molar-refractivity contribution in [3.63, 3.8) is 0 Å². The van der Waals surface area contributed by atoms with E-state index in [1.54, 1.807) is 0 Å². The molecule has 0 spiro atoms. The number of rotatable bonds is 1. The molecule has 2 aromatic heterocycles. The van der Waals surface area contributed by atoms with E-state index in [1.807, 2.05) is 11.4 Å². The van der Waals surface area contributed by atoms with Crippen LogP contribution in [0, 0.1) is 0 Å². The standard InChI is InChI=1S/C6H3BrN2O2S/c7-4-1-3(2-12-4)5-8-9-6(10)11-5/h1-2H,(H,9,10). The first kappa shape index (κ1) is 7.75. The largest absolute Gasteiger partial charge is 0.434 e. The van der Waals surface area contributed by atoms with Crippen LogP contribution in [0.3, 0.4) is 0 Å². The van der Waals surface area contributed by atoms with Gasteiger partial charge in [0.05, 0.1) is 9.35 Å². The highest BCUT2D eigenvalue weighted by Gasteiger charge is 2.06. The third-order valence-electron chi connectivity index (χ3n) is 1.25. The van der Waals surface area contributed by atoms with Gasteiger partial charge in [0.2, 0.25) is 5.89 Å². The van der Waals surface area contributed by atoms with Crippen LogP contribution in [0.5, 0.6) is 0 Å². The number of nitrogens with one attached hydrogen (secondary N) is 1. The summed E-state index contributed by atoms with van der Waals surface area (Å²) in [4.78, 5) is 10.6. The van der Waals surface area contributed by atoms with Crippen molar-refractivity contribution in [2.24, 2.45) is 0 Å². The quantitative estimate of drug-likeness (QED) is 0.836. The molecule has 0 aliphatic rings. The Labute approximate surface area is 79.4 Å². The van der Waals surface area contributed by atoms with Gasteiger partial charge in [-0.3, -0.25) is 0 Å². The molecule has 2 rings (SSSR count). The van der Waals surface area contributed by atoms with Crippen molar-refractivity contribution in [3.8, 4) is 11.5 Å². The number of aromatic nitrogens is 2. The number of aromatic amines is 1. The molecule has 0 bridgehead atoms. The Balaban J connectivity index is 2.50. The third-order valence-corrected chi connectivity index (χ3v) is 2.76. The van der Waals surface area contributed by atoms with Crippen LogP contribution in [0.1, 0.15) is 0 Å². The maximum Gasteiger partial charge on any atom is 0.434 e. The summed E-state index contributed by atoms with van der Waals surface area (Å²) in [5, 5.41) is 7.72. The molecule has 0 aliphatic heterocycles. The van der Waals surface area contributed by atoms with Gasteiger partial charge in [0.1, 0.15) is 0 Å². The van der Waals surface area contributed by atoms with Gasteiger partial charge >= 0.3 is 5.76 Å². The minimum atomic E-state index is -0.535. The lowest BCUT2D eigenvalue weighted by Crippen LogP contribution is -1.93. The molecular formula is C6H3BrN2O2S. The molecule has 2 heterocycles. The highest BCUT2D eigenvalue weighted by atomic mass is 79.9. The fourth-order valence-corrected chi connectivity index (χ4v) is 1.91. The summed E-state index contributed by atoms with van der Waals surface area (Å²) in [7, 11) is 0. The second-order valence-electron chi connectivity index (χ2n) is 2.06. The van der Waals surface area contributed by atoms with E-state index < -0.39 is 5.76 Å². The number of hydrogen-bond acceptors (Lipinski definition) is 4. The first-order valence-electron chi connectivity index (χ1n) is 3.05. The summed E-state index contributed by atoms with van der Waals surface area (Å²) in [6.07, 6.45) is 0. The number of H-pyrrole nitrogens is 1. The van der Waals surface area contributed by atoms with E-state index in [0.29, 0.717) is 5.89 Å². The van der Waals surface area contributed by atoms with Gasteiger partial charge in [-0.25, -0.2) is 9.89 Å². The number of hydrogen-bond donors (Lipinski definition) is 1. The first-order chi connectivity index (χ1) is 5.75. The topological polar surface area (TPSA) is 58.9 Å². The van der Waals surface area contributed by atoms with Crippen LogP contribution in [-0.2, 0) is 0 Å². The minimum Gasteiger partial charge on any atom is -0.388 e. The molecule has 0 unspecified atom stereocenters. The van der Waals surface area contributed by atoms with E-state index >= 15 is 0 Å². The van der Waals surface area contributed by atoms with Gasteiger partial charge in [-0.2, -0.15) is 0 Å².